The number of benzene rings is 1. The number of nitriles is 2. The fourth-order valence-corrected chi connectivity index (χ4v) is 6.65. The number of fused-ring (bicyclic) bond motifs is 3. The van der Waals surface area contributed by atoms with Crippen LogP contribution in [0.2, 0.25) is 0 Å². The molecule has 3 aliphatic carbocycles. The average molecular weight is 506 g/mol. The SMILES string of the molecule is CC(F)(F)c1ccc(NS(=O)(=O)N2CCC(C#N)CC2)c(C(=O)NC23CCC(C#N)(CC2)CC3)c1. The van der Waals surface area contributed by atoms with E-state index in [0.717, 1.165) is 19.1 Å². The van der Waals surface area contributed by atoms with E-state index in [1.165, 1.54) is 10.4 Å². The molecule has 4 aliphatic rings. The summed E-state index contributed by atoms with van der Waals surface area (Å²) < 4.78 is 57.8. The molecule has 0 atom stereocenters. The molecule has 1 amide bonds. The van der Waals surface area contributed by atoms with E-state index in [4.69, 9.17) is 5.26 Å². The zero-order chi connectivity index (χ0) is 25.5. The number of hydrogen-bond donors (Lipinski definition) is 2. The van der Waals surface area contributed by atoms with Crippen LogP contribution in [0.25, 0.3) is 0 Å². The Hall–Kier alpha value is -2.76. The van der Waals surface area contributed by atoms with Crippen molar-refractivity contribution in [3.05, 3.63) is 29.3 Å². The summed E-state index contributed by atoms with van der Waals surface area (Å²) in [7, 11) is -4.06. The highest BCUT2D eigenvalue weighted by Gasteiger charge is 2.49. The zero-order valence-electron chi connectivity index (χ0n) is 19.6. The summed E-state index contributed by atoms with van der Waals surface area (Å²) in [4.78, 5) is 13.4. The molecule has 1 aromatic carbocycles. The topological polar surface area (TPSA) is 126 Å². The zero-order valence-corrected chi connectivity index (χ0v) is 20.4. The van der Waals surface area contributed by atoms with Crippen molar-refractivity contribution in [1.82, 2.24) is 9.62 Å². The number of carbonyl (C=O) groups is 1. The number of piperidine rings is 1. The van der Waals surface area contributed by atoms with E-state index >= 15 is 0 Å². The van der Waals surface area contributed by atoms with Crippen molar-refractivity contribution in [3.63, 3.8) is 0 Å². The highest BCUT2D eigenvalue weighted by Crippen LogP contribution is 2.52. The Morgan fingerprint density at radius 3 is 2.23 bits per heavy atom. The number of halogens is 2. The van der Waals surface area contributed by atoms with Gasteiger partial charge in [-0.1, -0.05) is 6.07 Å². The molecule has 0 unspecified atom stereocenters. The number of anilines is 1. The summed E-state index contributed by atoms with van der Waals surface area (Å²) >= 11 is 0. The number of nitrogens with zero attached hydrogens (tertiary/aromatic N) is 3. The summed E-state index contributed by atoms with van der Waals surface area (Å²) in [6.07, 6.45) is 4.64. The molecule has 11 heteroatoms. The molecule has 0 spiro atoms. The fourth-order valence-electron chi connectivity index (χ4n) is 5.37. The lowest BCUT2D eigenvalue weighted by Crippen LogP contribution is -2.56. The lowest BCUT2D eigenvalue weighted by Gasteiger charge is -2.50. The quantitative estimate of drug-likeness (QED) is 0.604. The number of carbonyl (C=O) groups excluding carboxylic acids is 1. The predicted molar refractivity (Wildman–Crippen MR) is 124 cm³/mol. The van der Waals surface area contributed by atoms with Gasteiger partial charge in [-0.05, 0) is 63.5 Å². The molecular weight excluding hydrogens is 476 g/mol. The van der Waals surface area contributed by atoms with Crippen molar-refractivity contribution < 1.29 is 22.0 Å². The van der Waals surface area contributed by atoms with Crippen molar-refractivity contribution in [1.29, 1.82) is 10.5 Å². The number of nitrogens with one attached hydrogen (secondary N) is 2. The van der Waals surface area contributed by atoms with Gasteiger partial charge in [-0.25, -0.2) is 8.78 Å². The first-order valence-electron chi connectivity index (χ1n) is 11.8. The Balaban J connectivity index is 1.59. The maximum absolute atomic E-state index is 14.1. The monoisotopic (exact) mass is 505 g/mol. The van der Waals surface area contributed by atoms with Crippen molar-refractivity contribution in [2.45, 2.75) is 69.8 Å². The molecule has 8 nitrogen and oxygen atoms in total. The van der Waals surface area contributed by atoms with Gasteiger partial charge in [0.2, 0.25) is 0 Å². The van der Waals surface area contributed by atoms with Crippen LogP contribution in [-0.4, -0.2) is 37.3 Å². The minimum atomic E-state index is -4.06. The maximum atomic E-state index is 14.1. The lowest BCUT2D eigenvalue weighted by atomic mass is 9.58. The molecule has 2 bridgehead atoms. The van der Waals surface area contributed by atoms with E-state index < -0.39 is 33.1 Å². The van der Waals surface area contributed by atoms with E-state index in [1.54, 1.807) is 0 Å². The molecule has 188 valence electrons. The molecule has 1 aromatic rings. The molecule has 0 aromatic heterocycles. The van der Waals surface area contributed by atoms with E-state index in [0.29, 0.717) is 51.4 Å². The number of amides is 1. The van der Waals surface area contributed by atoms with Gasteiger partial charge in [0.15, 0.2) is 0 Å². The van der Waals surface area contributed by atoms with Gasteiger partial charge in [-0.3, -0.25) is 9.52 Å². The van der Waals surface area contributed by atoms with Gasteiger partial charge in [-0.2, -0.15) is 23.2 Å². The van der Waals surface area contributed by atoms with Crippen molar-refractivity contribution in [2.75, 3.05) is 17.8 Å². The molecule has 1 aliphatic heterocycles. The van der Waals surface area contributed by atoms with Gasteiger partial charge in [0, 0.05) is 37.0 Å². The second-order valence-electron chi connectivity index (χ2n) is 10.2. The molecule has 35 heavy (non-hydrogen) atoms. The minimum Gasteiger partial charge on any atom is -0.347 e. The number of rotatable bonds is 6. The largest absolute Gasteiger partial charge is 0.347 e. The second kappa shape index (κ2) is 9.03. The lowest BCUT2D eigenvalue weighted by molar-refractivity contribution is 0.0174. The van der Waals surface area contributed by atoms with Gasteiger partial charge in [0.05, 0.1) is 28.8 Å². The van der Waals surface area contributed by atoms with E-state index in [-0.39, 0.29) is 35.7 Å². The standard InChI is InChI=1S/C24H29F2N5O3S/c1-22(25,26)18-2-3-20(30-35(33,34)31-12-4-17(15-27)5-13-31)19(14-18)21(32)29-24-9-6-23(16-28,7-10-24)8-11-24/h2-3,14,17,30H,4-13H2,1H3,(H,29,32). The van der Waals surface area contributed by atoms with Crippen LogP contribution in [0.1, 0.15) is 74.2 Å². The molecule has 1 saturated heterocycles. The molecule has 0 radical (unpaired) electrons. The summed E-state index contributed by atoms with van der Waals surface area (Å²) in [6, 6.07) is 7.89. The van der Waals surface area contributed by atoms with Crippen LogP contribution in [0.4, 0.5) is 14.5 Å². The summed E-state index contributed by atoms with van der Waals surface area (Å²) in [5, 5.41) is 21.6. The first kappa shape index (κ1) is 25.3. The molecule has 2 N–H and O–H groups in total. The van der Waals surface area contributed by atoms with Crippen LogP contribution < -0.4 is 10.0 Å². The Kier molecular flexibility index (Phi) is 6.54. The Bertz CT molecular complexity index is 1170. The van der Waals surface area contributed by atoms with Crippen LogP contribution in [0.5, 0.6) is 0 Å². The van der Waals surface area contributed by atoms with Gasteiger partial charge in [0.25, 0.3) is 11.8 Å². The van der Waals surface area contributed by atoms with Crippen LogP contribution >= 0.6 is 0 Å². The smallest absolute Gasteiger partial charge is 0.301 e. The fraction of sp³-hybridized carbons (Fsp3) is 0.625. The summed E-state index contributed by atoms with van der Waals surface area (Å²) in [5.74, 6) is -4.05. The van der Waals surface area contributed by atoms with Crippen LogP contribution in [-0.2, 0) is 16.1 Å². The maximum Gasteiger partial charge on any atom is 0.301 e. The highest BCUT2D eigenvalue weighted by molar-refractivity contribution is 7.90. The van der Waals surface area contributed by atoms with E-state index in [1.807, 2.05) is 0 Å². The first-order valence-corrected chi connectivity index (χ1v) is 13.3. The second-order valence-corrected chi connectivity index (χ2v) is 11.9. The van der Waals surface area contributed by atoms with Crippen molar-refractivity contribution >= 4 is 21.8 Å². The van der Waals surface area contributed by atoms with Crippen LogP contribution in [0.15, 0.2) is 18.2 Å². The molecule has 5 rings (SSSR count). The molecule has 1 heterocycles. The van der Waals surface area contributed by atoms with Crippen LogP contribution in [0.3, 0.4) is 0 Å². The van der Waals surface area contributed by atoms with Gasteiger partial charge in [0.1, 0.15) is 0 Å². The van der Waals surface area contributed by atoms with Crippen LogP contribution in [0, 0.1) is 34.0 Å². The van der Waals surface area contributed by atoms with Gasteiger partial charge < -0.3 is 5.32 Å². The normalized spacial score (nSPS) is 27.6. The Labute approximate surface area is 204 Å². The summed E-state index contributed by atoms with van der Waals surface area (Å²) in [5.41, 5.74) is -1.52. The third kappa shape index (κ3) is 5.12. The van der Waals surface area contributed by atoms with E-state index in [2.05, 4.69) is 22.2 Å². The number of hydrogen-bond acceptors (Lipinski definition) is 5. The average Bonchev–Trinajstić information content (AvgIpc) is 2.84. The van der Waals surface area contributed by atoms with Gasteiger partial charge in [-0.15, -0.1) is 0 Å². The third-order valence-corrected chi connectivity index (χ3v) is 9.37. The van der Waals surface area contributed by atoms with Crippen molar-refractivity contribution in [3.8, 4) is 12.1 Å². The predicted octanol–water partition coefficient (Wildman–Crippen LogP) is 4.04. The Morgan fingerprint density at radius 2 is 1.71 bits per heavy atom. The summed E-state index contributed by atoms with van der Waals surface area (Å²) in [6.45, 7) is 1.03. The first-order chi connectivity index (χ1) is 16.4. The molecule has 3 saturated carbocycles. The minimum absolute atomic E-state index is 0.0766. The highest BCUT2D eigenvalue weighted by atomic mass is 32.2. The molecule has 4 fully saturated rings. The third-order valence-electron chi connectivity index (χ3n) is 7.85. The van der Waals surface area contributed by atoms with E-state index in [9.17, 15) is 27.3 Å². The number of alkyl halides is 2. The molecular formula is C24H29F2N5O3S. The van der Waals surface area contributed by atoms with Gasteiger partial charge >= 0.3 is 10.2 Å². The Morgan fingerprint density at radius 1 is 1.11 bits per heavy atom. The van der Waals surface area contributed by atoms with Crippen molar-refractivity contribution in [2.24, 2.45) is 11.3 Å².